The minimum absolute atomic E-state index is 0.136. The second kappa shape index (κ2) is 9.36. The molecule has 0 heterocycles. The largest absolute Gasteiger partial charge is 0.489 e. The van der Waals surface area contributed by atoms with Gasteiger partial charge in [-0.1, -0.05) is 24.3 Å². The highest BCUT2D eigenvalue weighted by molar-refractivity contribution is 5.92. The highest BCUT2D eigenvalue weighted by Gasteiger charge is 2.06. The van der Waals surface area contributed by atoms with E-state index >= 15 is 0 Å². The van der Waals surface area contributed by atoms with Gasteiger partial charge in [0, 0.05) is 25.7 Å². The van der Waals surface area contributed by atoms with Gasteiger partial charge in [0.1, 0.15) is 6.61 Å². The van der Waals surface area contributed by atoms with Crippen LogP contribution < -0.4 is 10.1 Å². The summed E-state index contributed by atoms with van der Waals surface area (Å²) in [7, 11) is 1.65. The lowest BCUT2D eigenvalue weighted by Gasteiger charge is -2.15. The van der Waals surface area contributed by atoms with E-state index in [9.17, 15) is 14.0 Å². The Morgan fingerprint density at radius 2 is 1.85 bits per heavy atom. The van der Waals surface area contributed by atoms with Gasteiger partial charge in [0.15, 0.2) is 11.6 Å². The van der Waals surface area contributed by atoms with Crippen molar-refractivity contribution in [1.82, 2.24) is 4.90 Å². The SMILES string of the molecule is CC(=O)Nc1ccc(/C=C/C(=O)N(C)CCOc2ccccc2F)cc1. The predicted molar refractivity (Wildman–Crippen MR) is 99.3 cm³/mol. The molecule has 0 spiro atoms. The maximum absolute atomic E-state index is 13.4. The highest BCUT2D eigenvalue weighted by Crippen LogP contribution is 2.15. The summed E-state index contributed by atoms with van der Waals surface area (Å²) in [4.78, 5) is 24.6. The first-order valence-electron chi connectivity index (χ1n) is 8.14. The van der Waals surface area contributed by atoms with Gasteiger partial charge in [-0.15, -0.1) is 0 Å². The molecule has 0 aliphatic carbocycles. The summed E-state index contributed by atoms with van der Waals surface area (Å²) >= 11 is 0. The van der Waals surface area contributed by atoms with Crippen LogP contribution in [0.15, 0.2) is 54.6 Å². The maximum atomic E-state index is 13.4. The number of hydrogen-bond acceptors (Lipinski definition) is 3. The van der Waals surface area contributed by atoms with Crippen molar-refractivity contribution in [3.63, 3.8) is 0 Å². The van der Waals surface area contributed by atoms with Crippen LogP contribution in [0.1, 0.15) is 12.5 Å². The first-order valence-corrected chi connectivity index (χ1v) is 8.14. The molecule has 0 aliphatic heterocycles. The third-order valence-corrected chi connectivity index (χ3v) is 3.55. The molecule has 6 heteroatoms. The third-order valence-electron chi connectivity index (χ3n) is 3.55. The van der Waals surface area contributed by atoms with Crippen molar-refractivity contribution in [3.8, 4) is 5.75 Å². The quantitative estimate of drug-likeness (QED) is 0.774. The van der Waals surface area contributed by atoms with Crippen molar-refractivity contribution in [2.24, 2.45) is 0 Å². The average Bonchev–Trinajstić information content (AvgIpc) is 2.62. The van der Waals surface area contributed by atoms with Gasteiger partial charge in [-0.25, -0.2) is 4.39 Å². The molecule has 0 atom stereocenters. The van der Waals surface area contributed by atoms with Crippen LogP contribution in [-0.2, 0) is 9.59 Å². The van der Waals surface area contributed by atoms with Gasteiger partial charge in [0.05, 0.1) is 6.54 Å². The molecule has 0 saturated carbocycles. The summed E-state index contributed by atoms with van der Waals surface area (Å²) in [5.41, 5.74) is 1.53. The molecule has 5 nitrogen and oxygen atoms in total. The number of hydrogen-bond donors (Lipinski definition) is 1. The molecule has 0 fully saturated rings. The number of rotatable bonds is 7. The fourth-order valence-corrected chi connectivity index (χ4v) is 2.14. The second-order valence-corrected chi connectivity index (χ2v) is 5.68. The number of ether oxygens (including phenoxy) is 1. The van der Waals surface area contributed by atoms with E-state index in [0.717, 1.165) is 5.56 Å². The molecule has 2 rings (SSSR count). The number of carbonyl (C=O) groups is 2. The van der Waals surface area contributed by atoms with Gasteiger partial charge < -0.3 is 15.0 Å². The topological polar surface area (TPSA) is 58.6 Å². The molecule has 2 aromatic carbocycles. The predicted octanol–water partition coefficient (Wildman–Crippen LogP) is 3.33. The zero-order chi connectivity index (χ0) is 18.9. The van der Waals surface area contributed by atoms with Crippen molar-refractivity contribution in [2.75, 3.05) is 25.5 Å². The minimum Gasteiger partial charge on any atom is -0.489 e. The zero-order valence-electron chi connectivity index (χ0n) is 14.7. The molecule has 0 unspecified atom stereocenters. The van der Waals surface area contributed by atoms with E-state index in [0.29, 0.717) is 12.2 Å². The van der Waals surface area contributed by atoms with E-state index in [4.69, 9.17) is 4.74 Å². The van der Waals surface area contributed by atoms with Gasteiger partial charge in [0.25, 0.3) is 0 Å². The van der Waals surface area contributed by atoms with E-state index in [1.54, 1.807) is 55.6 Å². The van der Waals surface area contributed by atoms with Crippen LogP contribution in [0.4, 0.5) is 10.1 Å². The summed E-state index contributed by atoms with van der Waals surface area (Å²) in [6.07, 6.45) is 3.14. The van der Waals surface area contributed by atoms with Gasteiger partial charge in [-0.2, -0.15) is 0 Å². The normalized spacial score (nSPS) is 10.6. The Labute approximate surface area is 152 Å². The minimum atomic E-state index is -0.427. The fraction of sp³-hybridized carbons (Fsp3) is 0.200. The van der Waals surface area contributed by atoms with Crippen molar-refractivity contribution in [2.45, 2.75) is 6.92 Å². The van der Waals surface area contributed by atoms with Gasteiger partial charge >= 0.3 is 0 Å². The average molecular weight is 356 g/mol. The number of benzene rings is 2. The standard InChI is InChI=1S/C20H21FN2O3/c1-15(24)22-17-10-7-16(8-11-17)9-12-20(25)23(2)13-14-26-19-6-4-3-5-18(19)21/h3-12H,13-14H2,1-2H3,(H,22,24)/b12-9+. The molecule has 0 bridgehead atoms. The smallest absolute Gasteiger partial charge is 0.246 e. The lowest BCUT2D eigenvalue weighted by molar-refractivity contribution is -0.125. The van der Waals surface area contributed by atoms with E-state index in [1.165, 1.54) is 24.0 Å². The Morgan fingerprint density at radius 1 is 1.15 bits per heavy atom. The number of carbonyl (C=O) groups excluding carboxylic acids is 2. The van der Waals surface area contributed by atoms with Crippen molar-refractivity contribution < 1.29 is 18.7 Å². The van der Waals surface area contributed by atoms with E-state index in [1.807, 2.05) is 0 Å². The first kappa shape index (κ1) is 19.2. The van der Waals surface area contributed by atoms with Crippen LogP contribution in [0.3, 0.4) is 0 Å². The van der Waals surface area contributed by atoms with Crippen LogP contribution >= 0.6 is 0 Å². The van der Waals surface area contributed by atoms with E-state index in [2.05, 4.69) is 5.32 Å². The van der Waals surface area contributed by atoms with Crippen LogP contribution in [0, 0.1) is 5.82 Å². The molecule has 0 saturated heterocycles. The number of para-hydroxylation sites is 1. The van der Waals surface area contributed by atoms with Crippen LogP contribution in [0.25, 0.3) is 6.08 Å². The van der Waals surface area contributed by atoms with Gasteiger partial charge in [-0.05, 0) is 35.9 Å². The molecule has 0 aliphatic rings. The van der Waals surface area contributed by atoms with Crippen molar-refractivity contribution in [1.29, 1.82) is 0 Å². The summed E-state index contributed by atoms with van der Waals surface area (Å²) < 4.78 is 18.8. The number of amides is 2. The summed E-state index contributed by atoms with van der Waals surface area (Å²) in [6.45, 7) is 1.97. The molecule has 0 aromatic heterocycles. The number of likely N-dealkylation sites (N-methyl/N-ethyl adjacent to an activating group) is 1. The van der Waals surface area contributed by atoms with Crippen LogP contribution in [0.5, 0.6) is 5.75 Å². The lowest BCUT2D eigenvalue weighted by Crippen LogP contribution is -2.29. The van der Waals surface area contributed by atoms with Gasteiger partial charge in [-0.3, -0.25) is 9.59 Å². The molecular formula is C20H21FN2O3. The second-order valence-electron chi connectivity index (χ2n) is 5.68. The highest BCUT2D eigenvalue weighted by atomic mass is 19.1. The van der Waals surface area contributed by atoms with Crippen LogP contribution in [0.2, 0.25) is 0 Å². The monoisotopic (exact) mass is 356 g/mol. The first-order chi connectivity index (χ1) is 12.5. The van der Waals surface area contributed by atoms with Crippen molar-refractivity contribution in [3.05, 3.63) is 66.0 Å². The summed E-state index contributed by atoms with van der Waals surface area (Å²) in [5, 5.41) is 2.68. The molecule has 2 amide bonds. The third kappa shape index (κ3) is 6.05. The number of nitrogens with zero attached hydrogens (tertiary/aromatic N) is 1. The Kier molecular flexibility index (Phi) is 6.91. The Hall–Kier alpha value is -3.15. The number of halogens is 1. The summed E-state index contributed by atoms with van der Waals surface area (Å²) in [6, 6.07) is 13.3. The number of anilines is 1. The van der Waals surface area contributed by atoms with Crippen molar-refractivity contribution >= 4 is 23.6 Å². The van der Waals surface area contributed by atoms with Crippen LogP contribution in [-0.4, -0.2) is 36.9 Å². The lowest BCUT2D eigenvalue weighted by atomic mass is 10.2. The molecule has 0 radical (unpaired) electrons. The van der Waals surface area contributed by atoms with E-state index < -0.39 is 5.82 Å². The molecule has 2 aromatic rings. The zero-order valence-corrected chi connectivity index (χ0v) is 14.7. The van der Waals surface area contributed by atoms with Gasteiger partial charge in [0.2, 0.25) is 11.8 Å². The molecular weight excluding hydrogens is 335 g/mol. The Morgan fingerprint density at radius 3 is 2.50 bits per heavy atom. The number of nitrogens with one attached hydrogen (secondary N) is 1. The Balaban J connectivity index is 1.81. The fourth-order valence-electron chi connectivity index (χ4n) is 2.14. The maximum Gasteiger partial charge on any atom is 0.246 e. The molecule has 26 heavy (non-hydrogen) atoms. The summed E-state index contributed by atoms with van der Waals surface area (Å²) in [5.74, 6) is -0.581. The molecule has 1 N–H and O–H groups in total. The molecule has 136 valence electrons. The van der Waals surface area contributed by atoms with E-state index in [-0.39, 0.29) is 24.2 Å². The Bertz CT molecular complexity index is 788.